The van der Waals surface area contributed by atoms with E-state index in [1.165, 1.54) is 0 Å². The lowest BCUT2D eigenvalue weighted by Crippen LogP contribution is -2.35. The van der Waals surface area contributed by atoms with Gasteiger partial charge in [0, 0.05) is 13.1 Å². The van der Waals surface area contributed by atoms with Crippen molar-refractivity contribution in [2.24, 2.45) is 0 Å². The van der Waals surface area contributed by atoms with Gasteiger partial charge in [-0.05, 0) is 18.2 Å². The first-order chi connectivity index (χ1) is 8.81. The fourth-order valence-electron chi connectivity index (χ4n) is 1.50. The van der Waals surface area contributed by atoms with E-state index in [9.17, 15) is 17.6 Å². The van der Waals surface area contributed by atoms with Crippen molar-refractivity contribution >= 4 is 21.9 Å². The minimum absolute atomic E-state index is 0.247. The van der Waals surface area contributed by atoms with Crippen LogP contribution >= 0.6 is 0 Å². The topological polar surface area (TPSA) is 86.7 Å². The zero-order valence-corrected chi connectivity index (χ0v) is 11.4. The van der Waals surface area contributed by atoms with Crippen LogP contribution in [0.15, 0.2) is 18.2 Å². The van der Waals surface area contributed by atoms with E-state index in [0.29, 0.717) is 0 Å². The molecule has 19 heavy (non-hydrogen) atoms. The van der Waals surface area contributed by atoms with Crippen LogP contribution in [0.2, 0.25) is 0 Å². The zero-order chi connectivity index (χ0) is 14.6. The predicted molar refractivity (Wildman–Crippen MR) is 68.8 cm³/mol. The number of carbonyl (C=O) groups is 1. The van der Waals surface area contributed by atoms with Gasteiger partial charge in [0.25, 0.3) is 0 Å². The van der Waals surface area contributed by atoms with Crippen molar-refractivity contribution in [3.05, 3.63) is 29.6 Å². The summed E-state index contributed by atoms with van der Waals surface area (Å²) < 4.78 is 40.5. The van der Waals surface area contributed by atoms with E-state index in [0.717, 1.165) is 22.5 Å². The molecule has 0 aliphatic heterocycles. The molecule has 8 heteroatoms. The summed E-state index contributed by atoms with van der Waals surface area (Å²) in [7, 11) is -3.84. The largest absolute Gasteiger partial charge is 0.478 e. The first-order valence-electron chi connectivity index (χ1n) is 5.62. The summed E-state index contributed by atoms with van der Waals surface area (Å²) in [6, 6.07) is 2.98. The molecule has 0 unspecified atom stereocenters. The summed E-state index contributed by atoms with van der Waals surface area (Å²) >= 11 is 0. The molecule has 6 nitrogen and oxygen atoms in total. The summed E-state index contributed by atoms with van der Waals surface area (Å²) in [6.45, 7) is 3.82. The second kappa shape index (κ2) is 5.98. The maximum absolute atomic E-state index is 13.6. The Kier molecular flexibility index (Phi) is 4.84. The quantitative estimate of drug-likeness (QED) is 0.831. The van der Waals surface area contributed by atoms with Gasteiger partial charge in [0.05, 0.1) is 11.3 Å². The highest BCUT2D eigenvalue weighted by Crippen LogP contribution is 2.18. The Bertz CT molecular complexity index is 570. The molecule has 0 atom stereocenters. The molecule has 1 aromatic rings. The number of nitrogens with one attached hydrogen (secondary N) is 1. The van der Waals surface area contributed by atoms with Crippen molar-refractivity contribution in [3.63, 3.8) is 0 Å². The Hall–Kier alpha value is -1.67. The van der Waals surface area contributed by atoms with E-state index in [2.05, 4.69) is 4.72 Å². The standard InChI is InChI=1S/C11H15FN2O4S/c1-3-14(4-2)19(17,18)13-10-6-5-8(11(15)16)7-9(10)12/h5-7,13H,3-4H2,1-2H3,(H,15,16). The highest BCUT2D eigenvalue weighted by Gasteiger charge is 2.20. The second-order valence-electron chi connectivity index (χ2n) is 3.69. The first kappa shape index (κ1) is 15.4. The number of aromatic carboxylic acids is 1. The number of benzene rings is 1. The lowest BCUT2D eigenvalue weighted by Gasteiger charge is -2.19. The Morgan fingerprint density at radius 1 is 1.37 bits per heavy atom. The van der Waals surface area contributed by atoms with Gasteiger partial charge >= 0.3 is 16.2 Å². The van der Waals surface area contributed by atoms with Crippen LogP contribution in [-0.2, 0) is 10.2 Å². The molecule has 0 heterocycles. The number of hydrogen-bond acceptors (Lipinski definition) is 3. The van der Waals surface area contributed by atoms with Crippen LogP contribution in [0.5, 0.6) is 0 Å². The van der Waals surface area contributed by atoms with Crippen LogP contribution in [0.3, 0.4) is 0 Å². The molecule has 0 spiro atoms. The van der Waals surface area contributed by atoms with Gasteiger partial charge in [-0.25, -0.2) is 9.18 Å². The molecule has 0 amide bonds. The van der Waals surface area contributed by atoms with Crippen LogP contribution in [0, 0.1) is 5.82 Å². The van der Waals surface area contributed by atoms with Gasteiger partial charge in [-0.1, -0.05) is 13.8 Å². The van der Waals surface area contributed by atoms with E-state index >= 15 is 0 Å². The molecular formula is C11H15FN2O4S. The minimum Gasteiger partial charge on any atom is -0.478 e. The molecule has 0 radical (unpaired) electrons. The average molecular weight is 290 g/mol. The molecule has 0 saturated carbocycles. The first-order valence-corrected chi connectivity index (χ1v) is 7.06. The molecule has 1 rings (SSSR count). The minimum atomic E-state index is -3.84. The summed E-state index contributed by atoms with van der Waals surface area (Å²) in [5.41, 5.74) is -0.528. The third kappa shape index (κ3) is 3.65. The summed E-state index contributed by atoms with van der Waals surface area (Å²) in [4.78, 5) is 10.6. The van der Waals surface area contributed by atoms with Crippen molar-refractivity contribution in [1.82, 2.24) is 4.31 Å². The van der Waals surface area contributed by atoms with Crippen LogP contribution in [0.1, 0.15) is 24.2 Å². The maximum atomic E-state index is 13.6. The van der Waals surface area contributed by atoms with Crippen LogP contribution in [-0.4, -0.2) is 36.9 Å². The molecule has 0 saturated heterocycles. The van der Waals surface area contributed by atoms with Crippen molar-refractivity contribution < 1.29 is 22.7 Å². The second-order valence-corrected chi connectivity index (χ2v) is 5.36. The maximum Gasteiger partial charge on any atom is 0.335 e. The molecule has 0 bridgehead atoms. The number of carboxylic acids is 1. The number of hydrogen-bond donors (Lipinski definition) is 2. The van der Waals surface area contributed by atoms with E-state index < -0.39 is 22.0 Å². The van der Waals surface area contributed by atoms with Crippen molar-refractivity contribution in [1.29, 1.82) is 0 Å². The van der Waals surface area contributed by atoms with Gasteiger partial charge in [-0.3, -0.25) is 4.72 Å². The molecule has 0 aliphatic rings. The van der Waals surface area contributed by atoms with Gasteiger partial charge in [0.1, 0.15) is 5.82 Å². The normalized spacial score (nSPS) is 11.6. The third-order valence-electron chi connectivity index (χ3n) is 2.50. The lowest BCUT2D eigenvalue weighted by atomic mass is 10.2. The van der Waals surface area contributed by atoms with Crippen LogP contribution < -0.4 is 4.72 Å². The fourth-order valence-corrected chi connectivity index (χ4v) is 2.75. The summed E-state index contributed by atoms with van der Waals surface area (Å²) in [5, 5.41) is 8.68. The highest BCUT2D eigenvalue weighted by molar-refractivity contribution is 7.90. The molecule has 0 fully saturated rings. The summed E-state index contributed by atoms with van der Waals surface area (Å²) in [6.07, 6.45) is 0. The molecule has 2 N–H and O–H groups in total. The Morgan fingerprint density at radius 2 is 1.95 bits per heavy atom. The smallest absolute Gasteiger partial charge is 0.335 e. The average Bonchev–Trinajstić information content (AvgIpc) is 2.32. The molecule has 106 valence electrons. The van der Waals surface area contributed by atoms with Gasteiger partial charge in [0.15, 0.2) is 0 Å². The SMILES string of the molecule is CCN(CC)S(=O)(=O)Nc1ccc(C(=O)O)cc1F. The van der Waals surface area contributed by atoms with E-state index in [4.69, 9.17) is 5.11 Å². The monoisotopic (exact) mass is 290 g/mol. The predicted octanol–water partition coefficient (Wildman–Crippen LogP) is 1.52. The van der Waals surface area contributed by atoms with Crippen molar-refractivity contribution in [2.75, 3.05) is 17.8 Å². The summed E-state index contributed by atoms with van der Waals surface area (Å²) in [5.74, 6) is -2.22. The number of rotatable bonds is 6. The molecule has 0 aromatic heterocycles. The van der Waals surface area contributed by atoms with Crippen LogP contribution in [0.25, 0.3) is 0 Å². The number of halogens is 1. The van der Waals surface area contributed by atoms with Gasteiger partial charge in [-0.15, -0.1) is 0 Å². The number of nitrogens with zero attached hydrogens (tertiary/aromatic N) is 1. The Balaban J connectivity index is 3.04. The van der Waals surface area contributed by atoms with E-state index in [1.807, 2.05) is 0 Å². The fraction of sp³-hybridized carbons (Fsp3) is 0.364. The number of carboxylic acid groups (broad SMARTS) is 1. The van der Waals surface area contributed by atoms with Crippen LogP contribution in [0.4, 0.5) is 10.1 Å². The lowest BCUT2D eigenvalue weighted by molar-refractivity contribution is 0.0696. The molecule has 0 aliphatic carbocycles. The van der Waals surface area contributed by atoms with Crippen molar-refractivity contribution in [3.8, 4) is 0 Å². The van der Waals surface area contributed by atoms with Crippen molar-refractivity contribution in [2.45, 2.75) is 13.8 Å². The zero-order valence-electron chi connectivity index (χ0n) is 10.6. The third-order valence-corrected chi connectivity index (χ3v) is 4.17. The van der Waals surface area contributed by atoms with Gasteiger partial charge in [0.2, 0.25) is 0 Å². The van der Waals surface area contributed by atoms with E-state index in [1.54, 1.807) is 13.8 Å². The Morgan fingerprint density at radius 3 is 2.37 bits per heavy atom. The molecule has 1 aromatic carbocycles. The molecular weight excluding hydrogens is 275 g/mol. The van der Waals surface area contributed by atoms with E-state index in [-0.39, 0.29) is 24.3 Å². The Labute approximate surface area is 111 Å². The highest BCUT2D eigenvalue weighted by atomic mass is 32.2. The van der Waals surface area contributed by atoms with Gasteiger partial charge < -0.3 is 5.11 Å². The van der Waals surface area contributed by atoms with Gasteiger partial charge in [-0.2, -0.15) is 12.7 Å². The number of anilines is 1.